The Balaban J connectivity index is 2.63. The summed E-state index contributed by atoms with van der Waals surface area (Å²) in [5.74, 6) is -1.19. The van der Waals surface area contributed by atoms with Crippen molar-refractivity contribution in [3.8, 4) is 0 Å². The van der Waals surface area contributed by atoms with E-state index < -0.39 is 18.9 Å². The first-order chi connectivity index (χ1) is 7.59. The first-order valence-corrected chi connectivity index (χ1v) is 4.43. The molecule has 0 aliphatic carbocycles. The second-order valence-corrected chi connectivity index (χ2v) is 3.14. The molecule has 84 valence electrons. The maximum atomic E-state index is 12.2. The molecule has 0 unspecified atom stereocenters. The van der Waals surface area contributed by atoms with Gasteiger partial charge < -0.3 is 5.11 Å². The average molecular weight is 227 g/mol. The molecule has 0 aliphatic heterocycles. The van der Waals surface area contributed by atoms with E-state index in [9.17, 15) is 13.6 Å². The summed E-state index contributed by atoms with van der Waals surface area (Å²) in [5, 5.41) is 16.0. The number of benzene rings is 1. The predicted molar refractivity (Wildman–Crippen MR) is 50.5 cm³/mol. The van der Waals surface area contributed by atoms with Gasteiger partial charge in [0.05, 0.1) is 5.56 Å². The van der Waals surface area contributed by atoms with E-state index in [0.29, 0.717) is 5.52 Å². The van der Waals surface area contributed by atoms with E-state index in [-0.39, 0.29) is 11.1 Å². The number of hydrogen-bond donors (Lipinski definition) is 1. The van der Waals surface area contributed by atoms with E-state index in [4.69, 9.17) is 5.11 Å². The van der Waals surface area contributed by atoms with Crippen molar-refractivity contribution >= 4 is 17.0 Å². The second-order valence-electron chi connectivity index (χ2n) is 3.14. The topological polar surface area (TPSA) is 68.0 Å². The Kier molecular flexibility index (Phi) is 2.51. The molecule has 0 spiro atoms. The Hall–Kier alpha value is -2.05. The quantitative estimate of drug-likeness (QED) is 0.860. The Bertz CT molecular complexity index is 539. The number of alkyl halides is 2. The van der Waals surface area contributed by atoms with Crippen LogP contribution in [0.15, 0.2) is 18.2 Å². The van der Waals surface area contributed by atoms with Gasteiger partial charge in [0.1, 0.15) is 17.6 Å². The Morgan fingerprint density at radius 3 is 2.88 bits per heavy atom. The van der Waals surface area contributed by atoms with Crippen molar-refractivity contribution in [2.45, 2.75) is 13.0 Å². The van der Waals surface area contributed by atoms with Crippen LogP contribution in [0.3, 0.4) is 0 Å². The van der Waals surface area contributed by atoms with Gasteiger partial charge in [-0.2, -0.15) is 0 Å². The molecule has 0 fully saturated rings. The number of nitrogens with zero attached hydrogens (tertiary/aromatic N) is 3. The molecule has 1 aromatic heterocycles. The summed E-state index contributed by atoms with van der Waals surface area (Å²) < 4.78 is 25.4. The van der Waals surface area contributed by atoms with E-state index in [1.807, 2.05) is 0 Å². The lowest BCUT2D eigenvalue weighted by Crippen LogP contribution is -2.10. The van der Waals surface area contributed by atoms with Crippen molar-refractivity contribution in [1.82, 2.24) is 15.0 Å². The maximum Gasteiger partial charge on any atom is 0.337 e. The van der Waals surface area contributed by atoms with E-state index in [1.54, 1.807) is 0 Å². The van der Waals surface area contributed by atoms with Crippen LogP contribution in [0.1, 0.15) is 10.4 Å². The SMILES string of the molecule is O=C(O)c1cccc2nnn(CC(F)F)c12. The molecule has 0 saturated heterocycles. The average Bonchev–Trinajstić information content (AvgIpc) is 2.60. The fourth-order valence-corrected chi connectivity index (χ4v) is 1.46. The molecule has 1 heterocycles. The Morgan fingerprint density at radius 2 is 2.25 bits per heavy atom. The molecule has 0 aliphatic rings. The van der Waals surface area contributed by atoms with Crippen LogP contribution in [0, 0.1) is 0 Å². The second kappa shape index (κ2) is 3.84. The van der Waals surface area contributed by atoms with Gasteiger partial charge in [0, 0.05) is 0 Å². The molecular weight excluding hydrogens is 220 g/mol. The zero-order valence-corrected chi connectivity index (χ0v) is 7.97. The fourth-order valence-electron chi connectivity index (χ4n) is 1.46. The number of carboxylic acids is 1. The summed E-state index contributed by atoms with van der Waals surface area (Å²) in [7, 11) is 0. The van der Waals surface area contributed by atoms with Crippen molar-refractivity contribution in [1.29, 1.82) is 0 Å². The number of hydrogen-bond acceptors (Lipinski definition) is 3. The molecule has 0 bridgehead atoms. The van der Waals surface area contributed by atoms with E-state index in [1.165, 1.54) is 18.2 Å². The smallest absolute Gasteiger partial charge is 0.337 e. The van der Waals surface area contributed by atoms with Crippen LogP contribution in [-0.2, 0) is 6.54 Å². The number of halogens is 2. The zero-order valence-electron chi connectivity index (χ0n) is 7.97. The van der Waals surface area contributed by atoms with Crippen LogP contribution < -0.4 is 0 Å². The van der Waals surface area contributed by atoms with Gasteiger partial charge in [0.25, 0.3) is 6.43 Å². The highest BCUT2D eigenvalue weighted by Crippen LogP contribution is 2.17. The van der Waals surface area contributed by atoms with Crippen LogP contribution >= 0.6 is 0 Å². The van der Waals surface area contributed by atoms with Crippen molar-refractivity contribution < 1.29 is 18.7 Å². The molecule has 16 heavy (non-hydrogen) atoms. The van der Waals surface area contributed by atoms with Gasteiger partial charge in [0.15, 0.2) is 0 Å². The number of rotatable bonds is 3. The number of aromatic nitrogens is 3. The van der Waals surface area contributed by atoms with Gasteiger partial charge >= 0.3 is 5.97 Å². The first-order valence-electron chi connectivity index (χ1n) is 4.43. The molecule has 2 aromatic rings. The molecule has 1 aromatic carbocycles. The number of carboxylic acid groups (broad SMARTS) is 1. The number of para-hydroxylation sites is 1. The molecule has 2 rings (SSSR count). The van der Waals surface area contributed by atoms with Gasteiger partial charge in [-0.1, -0.05) is 11.3 Å². The van der Waals surface area contributed by atoms with Gasteiger partial charge in [-0.05, 0) is 12.1 Å². The zero-order chi connectivity index (χ0) is 11.7. The van der Waals surface area contributed by atoms with Gasteiger partial charge in [-0.15, -0.1) is 5.10 Å². The standard InChI is InChI=1S/C9H7F2N3O2/c10-7(11)4-14-8-5(9(15)16)2-1-3-6(8)12-13-14/h1-3,7H,4H2,(H,15,16). The van der Waals surface area contributed by atoms with Gasteiger partial charge in [-0.25, -0.2) is 18.3 Å². The lowest BCUT2D eigenvalue weighted by Gasteiger charge is -2.02. The van der Waals surface area contributed by atoms with E-state index in [0.717, 1.165) is 4.68 Å². The number of aromatic carboxylic acids is 1. The van der Waals surface area contributed by atoms with E-state index in [2.05, 4.69) is 10.3 Å². The number of carbonyl (C=O) groups is 1. The first kappa shape index (κ1) is 10.5. The summed E-state index contributed by atoms with van der Waals surface area (Å²) in [6.07, 6.45) is -2.60. The molecule has 5 nitrogen and oxygen atoms in total. The van der Waals surface area contributed by atoms with Crippen LogP contribution in [0.4, 0.5) is 8.78 Å². The minimum absolute atomic E-state index is 0.0804. The highest BCUT2D eigenvalue weighted by Gasteiger charge is 2.16. The third kappa shape index (κ3) is 1.71. The summed E-state index contributed by atoms with van der Waals surface area (Å²) in [5.41, 5.74) is 0.332. The summed E-state index contributed by atoms with van der Waals surface area (Å²) >= 11 is 0. The highest BCUT2D eigenvalue weighted by molar-refractivity contribution is 6.00. The molecule has 1 N–H and O–H groups in total. The third-order valence-electron chi connectivity index (χ3n) is 2.07. The summed E-state index contributed by atoms with van der Waals surface area (Å²) in [4.78, 5) is 10.9. The monoisotopic (exact) mass is 227 g/mol. The maximum absolute atomic E-state index is 12.2. The molecule has 7 heteroatoms. The lowest BCUT2D eigenvalue weighted by atomic mass is 10.2. The Labute approximate surface area is 88.3 Å². The van der Waals surface area contributed by atoms with Crippen molar-refractivity contribution in [2.75, 3.05) is 0 Å². The molecule has 0 amide bonds. The van der Waals surface area contributed by atoms with Crippen molar-refractivity contribution in [3.05, 3.63) is 23.8 Å². The van der Waals surface area contributed by atoms with E-state index >= 15 is 0 Å². The van der Waals surface area contributed by atoms with Crippen LogP contribution in [0.5, 0.6) is 0 Å². The highest BCUT2D eigenvalue weighted by atomic mass is 19.3. The van der Waals surface area contributed by atoms with Gasteiger partial charge in [-0.3, -0.25) is 0 Å². The minimum Gasteiger partial charge on any atom is -0.478 e. The molecule has 0 atom stereocenters. The number of fused-ring (bicyclic) bond motifs is 1. The summed E-state index contributed by atoms with van der Waals surface area (Å²) in [6, 6.07) is 4.35. The fraction of sp³-hybridized carbons (Fsp3) is 0.222. The van der Waals surface area contributed by atoms with Gasteiger partial charge in [0.2, 0.25) is 0 Å². The van der Waals surface area contributed by atoms with Crippen LogP contribution in [-0.4, -0.2) is 32.5 Å². The predicted octanol–water partition coefficient (Wildman–Crippen LogP) is 1.39. The molecule has 0 radical (unpaired) electrons. The largest absolute Gasteiger partial charge is 0.478 e. The normalized spacial score (nSPS) is 11.2. The lowest BCUT2D eigenvalue weighted by molar-refractivity contribution is 0.0697. The minimum atomic E-state index is -2.60. The van der Waals surface area contributed by atoms with Crippen molar-refractivity contribution in [2.24, 2.45) is 0 Å². The Morgan fingerprint density at radius 1 is 1.50 bits per heavy atom. The molecule has 0 saturated carbocycles. The summed E-state index contributed by atoms with van der Waals surface area (Å²) in [6.45, 7) is -0.666. The third-order valence-corrected chi connectivity index (χ3v) is 2.07. The van der Waals surface area contributed by atoms with Crippen LogP contribution in [0.25, 0.3) is 11.0 Å². The van der Waals surface area contributed by atoms with Crippen molar-refractivity contribution in [3.63, 3.8) is 0 Å². The molecular formula is C9H7F2N3O2. The van der Waals surface area contributed by atoms with Crippen LogP contribution in [0.2, 0.25) is 0 Å².